The zero-order valence-corrected chi connectivity index (χ0v) is 19.2. The summed E-state index contributed by atoms with van der Waals surface area (Å²) in [4.78, 5) is 30.3. The van der Waals surface area contributed by atoms with E-state index in [1.165, 1.54) is 24.0 Å². The third-order valence-electron chi connectivity index (χ3n) is 5.53. The molecule has 1 unspecified atom stereocenters. The summed E-state index contributed by atoms with van der Waals surface area (Å²) < 4.78 is 16.1. The van der Waals surface area contributed by atoms with Gasteiger partial charge in [-0.3, -0.25) is 19.4 Å². The first-order chi connectivity index (χ1) is 16.0. The molecule has 3 aromatic rings. The first-order valence-corrected chi connectivity index (χ1v) is 10.6. The number of nitrogens with zero attached hydrogens (tertiary/aromatic N) is 2. The van der Waals surface area contributed by atoms with Crippen molar-refractivity contribution in [3.8, 4) is 17.2 Å². The van der Waals surface area contributed by atoms with Crippen molar-refractivity contribution in [2.24, 2.45) is 0 Å². The summed E-state index contributed by atoms with van der Waals surface area (Å²) in [5.74, 6) is 1.14. The average Bonchev–Trinajstić information content (AvgIpc) is 2.85. The molecule has 1 aliphatic rings. The third kappa shape index (κ3) is 4.32. The number of piperazine rings is 1. The number of methoxy groups -OCH3 is 3. The van der Waals surface area contributed by atoms with Crippen LogP contribution in [0.25, 0.3) is 0 Å². The van der Waals surface area contributed by atoms with Gasteiger partial charge in [0, 0.05) is 16.8 Å². The van der Waals surface area contributed by atoms with Gasteiger partial charge in [-0.1, -0.05) is 23.7 Å². The fraction of sp³-hybridized carbons (Fsp3) is 0.200. The largest absolute Gasteiger partial charge is 0.497 e. The Bertz CT molecular complexity index is 1160. The second-order valence-electron chi connectivity index (χ2n) is 7.38. The Labute approximate surface area is 197 Å². The Morgan fingerprint density at radius 3 is 2.06 bits per heavy atom. The standard InChI is InChI=1S/C25H23ClN2O5/c1-31-19-10-4-16(5-11-19)24-25(30)27(21-14-20(32-2)12-13-22(21)33-3)15-23(29)28(24)18-8-6-17(26)7-9-18/h4-14,24H,15H2,1-3H3. The summed E-state index contributed by atoms with van der Waals surface area (Å²) in [6.07, 6.45) is 0. The van der Waals surface area contributed by atoms with Gasteiger partial charge in [0.1, 0.15) is 29.8 Å². The highest BCUT2D eigenvalue weighted by Gasteiger charge is 2.42. The van der Waals surface area contributed by atoms with E-state index in [-0.39, 0.29) is 18.4 Å². The van der Waals surface area contributed by atoms with Crippen LogP contribution in [0.4, 0.5) is 11.4 Å². The fourth-order valence-corrected chi connectivity index (χ4v) is 4.00. The summed E-state index contributed by atoms with van der Waals surface area (Å²) in [6, 6.07) is 18.2. The molecule has 1 fully saturated rings. The van der Waals surface area contributed by atoms with Crippen molar-refractivity contribution in [3.63, 3.8) is 0 Å². The molecule has 4 rings (SSSR count). The topological polar surface area (TPSA) is 68.3 Å². The highest BCUT2D eigenvalue weighted by Crippen LogP contribution is 2.39. The average molecular weight is 467 g/mol. The lowest BCUT2D eigenvalue weighted by Gasteiger charge is -2.40. The molecule has 1 saturated heterocycles. The van der Waals surface area contributed by atoms with E-state index in [2.05, 4.69) is 0 Å². The van der Waals surface area contributed by atoms with Gasteiger partial charge in [0.25, 0.3) is 5.91 Å². The van der Waals surface area contributed by atoms with Crippen molar-refractivity contribution >= 4 is 34.8 Å². The number of hydrogen-bond acceptors (Lipinski definition) is 5. The molecule has 0 bridgehead atoms. The van der Waals surface area contributed by atoms with Crippen molar-refractivity contribution in [1.82, 2.24) is 0 Å². The van der Waals surface area contributed by atoms with Crippen molar-refractivity contribution in [3.05, 3.63) is 77.3 Å². The molecule has 170 valence electrons. The van der Waals surface area contributed by atoms with Gasteiger partial charge in [-0.05, 0) is 54.1 Å². The minimum absolute atomic E-state index is 0.155. The number of amides is 2. The van der Waals surface area contributed by atoms with Gasteiger partial charge in [0.15, 0.2) is 0 Å². The summed E-state index contributed by atoms with van der Waals surface area (Å²) in [5, 5.41) is 0.540. The number of benzene rings is 3. The van der Waals surface area contributed by atoms with Crippen LogP contribution in [0.5, 0.6) is 17.2 Å². The molecule has 0 saturated carbocycles. The Hall–Kier alpha value is -3.71. The molecule has 33 heavy (non-hydrogen) atoms. The van der Waals surface area contributed by atoms with Crippen molar-refractivity contribution in [2.75, 3.05) is 37.7 Å². The third-order valence-corrected chi connectivity index (χ3v) is 5.79. The van der Waals surface area contributed by atoms with Gasteiger partial charge in [-0.25, -0.2) is 0 Å². The Balaban J connectivity index is 1.83. The highest BCUT2D eigenvalue weighted by atomic mass is 35.5. The number of halogens is 1. The summed E-state index contributed by atoms with van der Waals surface area (Å²) in [5.41, 5.74) is 1.69. The van der Waals surface area contributed by atoms with Crippen LogP contribution in [-0.2, 0) is 9.59 Å². The maximum absolute atomic E-state index is 13.9. The van der Waals surface area contributed by atoms with Gasteiger partial charge in [0.2, 0.25) is 5.91 Å². The fourth-order valence-electron chi connectivity index (χ4n) is 3.88. The van der Waals surface area contributed by atoms with Crippen LogP contribution in [0.3, 0.4) is 0 Å². The van der Waals surface area contributed by atoms with E-state index in [0.717, 1.165) is 0 Å². The van der Waals surface area contributed by atoms with Crippen LogP contribution < -0.4 is 24.0 Å². The van der Waals surface area contributed by atoms with E-state index in [0.29, 0.717) is 39.2 Å². The number of ether oxygens (including phenoxy) is 3. The maximum Gasteiger partial charge on any atom is 0.255 e. The number of hydrogen-bond donors (Lipinski definition) is 0. The normalized spacial score (nSPS) is 16.1. The number of rotatable bonds is 6. The first kappa shape index (κ1) is 22.5. The van der Waals surface area contributed by atoms with Crippen LogP contribution >= 0.6 is 11.6 Å². The van der Waals surface area contributed by atoms with Crippen LogP contribution in [0.15, 0.2) is 66.7 Å². The molecule has 1 heterocycles. The molecule has 7 nitrogen and oxygen atoms in total. The number of carbonyl (C=O) groups excluding carboxylic acids is 2. The predicted octanol–water partition coefficient (Wildman–Crippen LogP) is 4.49. The molecule has 1 atom stereocenters. The summed E-state index contributed by atoms with van der Waals surface area (Å²) >= 11 is 6.05. The molecule has 3 aromatic carbocycles. The van der Waals surface area contributed by atoms with Crippen LogP contribution in [-0.4, -0.2) is 39.7 Å². The van der Waals surface area contributed by atoms with Gasteiger partial charge < -0.3 is 14.2 Å². The lowest BCUT2D eigenvalue weighted by atomic mass is 9.99. The minimum Gasteiger partial charge on any atom is -0.497 e. The van der Waals surface area contributed by atoms with E-state index in [4.69, 9.17) is 25.8 Å². The van der Waals surface area contributed by atoms with Gasteiger partial charge in [0.05, 0.1) is 27.0 Å². The molecule has 8 heteroatoms. The quantitative estimate of drug-likeness (QED) is 0.535. The molecule has 0 aliphatic carbocycles. The highest BCUT2D eigenvalue weighted by molar-refractivity contribution is 6.30. The van der Waals surface area contributed by atoms with E-state index >= 15 is 0 Å². The second kappa shape index (κ2) is 9.42. The molecular weight excluding hydrogens is 444 g/mol. The number of anilines is 2. The van der Waals surface area contributed by atoms with Crippen molar-refractivity contribution in [1.29, 1.82) is 0 Å². The predicted molar refractivity (Wildman–Crippen MR) is 127 cm³/mol. The van der Waals surface area contributed by atoms with E-state index in [1.807, 2.05) is 0 Å². The Morgan fingerprint density at radius 1 is 0.818 bits per heavy atom. The van der Waals surface area contributed by atoms with Crippen molar-refractivity contribution in [2.45, 2.75) is 6.04 Å². The summed E-state index contributed by atoms with van der Waals surface area (Å²) in [7, 11) is 4.63. The Kier molecular flexibility index (Phi) is 6.42. The van der Waals surface area contributed by atoms with E-state index in [9.17, 15) is 9.59 Å². The monoisotopic (exact) mass is 466 g/mol. The SMILES string of the molecule is COc1ccc(C2C(=O)N(c3cc(OC)ccc3OC)CC(=O)N2c2ccc(Cl)cc2)cc1. The number of carbonyl (C=O) groups is 2. The molecule has 0 spiro atoms. The smallest absolute Gasteiger partial charge is 0.255 e. The Morgan fingerprint density at radius 2 is 1.45 bits per heavy atom. The minimum atomic E-state index is -0.894. The van der Waals surface area contributed by atoms with Crippen LogP contribution in [0.1, 0.15) is 11.6 Å². The lowest BCUT2D eigenvalue weighted by Crippen LogP contribution is -2.56. The molecular formula is C25H23ClN2O5. The zero-order chi connectivity index (χ0) is 23.5. The van der Waals surface area contributed by atoms with Gasteiger partial charge in [-0.2, -0.15) is 0 Å². The molecule has 0 aromatic heterocycles. The first-order valence-electron chi connectivity index (χ1n) is 10.2. The van der Waals surface area contributed by atoms with E-state index in [1.54, 1.807) is 73.8 Å². The van der Waals surface area contributed by atoms with Gasteiger partial charge in [-0.15, -0.1) is 0 Å². The maximum atomic E-state index is 13.9. The van der Waals surface area contributed by atoms with Gasteiger partial charge >= 0.3 is 0 Å². The zero-order valence-electron chi connectivity index (χ0n) is 18.4. The molecule has 0 N–H and O–H groups in total. The van der Waals surface area contributed by atoms with Crippen molar-refractivity contribution < 1.29 is 23.8 Å². The van der Waals surface area contributed by atoms with Crippen LogP contribution in [0.2, 0.25) is 5.02 Å². The second-order valence-corrected chi connectivity index (χ2v) is 7.81. The summed E-state index contributed by atoms with van der Waals surface area (Å²) in [6.45, 7) is -0.155. The lowest BCUT2D eigenvalue weighted by molar-refractivity contribution is -0.128. The molecule has 0 radical (unpaired) electrons. The molecule has 1 aliphatic heterocycles. The molecule has 2 amide bonds. The van der Waals surface area contributed by atoms with E-state index < -0.39 is 6.04 Å². The van der Waals surface area contributed by atoms with Crippen LogP contribution in [0, 0.1) is 0 Å².